The smallest absolute Gasteiger partial charge is 0.290 e. The van der Waals surface area contributed by atoms with E-state index in [-0.39, 0.29) is 30.8 Å². The summed E-state index contributed by atoms with van der Waals surface area (Å²) < 4.78 is 22.3. The summed E-state index contributed by atoms with van der Waals surface area (Å²) in [5, 5.41) is 21.3. The molecule has 30 heavy (non-hydrogen) atoms. The average Bonchev–Trinajstić information content (AvgIpc) is 3.21. The predicted molar refractivity (Wildman–Crippen MR) is 107 cm³/mol. The maximum atomic E-state index is 12.8. The van der Waals surface area contributed by atoms with Crippen LogP contribution in [0.3, 0.4) is 0 Å². The average molecular weight is 413 g/mol. The number of aliphatic hydroxyl groups is 1. The molecule has 0 radical (unpaired) electrons. The third kappa shape index (κ3) is 4.67. The van der Waals surface area contributed by atoms with E-state index in [1.54, 1.807) is 18.2 Å². The number of aromatic hydroxyl groups is 1. The molecule has 2 atom stereocenters. The Morgan fingerprint density at radius 2 is 2.03 bits per heavy atom. The first-order valence-electron chi connectivity index (χ1n) is 9.73. The fourth-order valence-corrected chi connectivity index (χ4v) is 3.35. The Balaban J connectivity index is 1.55. The van der Waals surface area contributed by atoms with Gasteiger partial charge in [-0.05, 0) is 42.3 Å². The van der Waals surface area contributed by atoms with Gasteiger partial charge in [0.2, 0.25) is 13.1 Å². The number of phenols is 1. The molecule has 0 aliphatic carbocycles. The highest BCUT2D eigenvalue weighted by molar-refractivity contribution is 6.02. The van der Waals surface area contributed by atoms with Gasteiger partial charge in [-0.3, -0.25) is 4.79 Å². The van der Waals surface area contributed by atoms with Crippen LogP contribution in [0.4, 0.5) is 5.69 Å². The number of nitrogens with one attached hydrogen (secondary N) is 1. The van der Waals surface area contributed by atoms with Crippen LogP contribution < -0.4 is 14.8 Å². The molecule has 4 rings (SSSR count). The lowest BCUT2D eigenvalue weighted by atomic mass is 9.92. The van der Waals surface area contributed by atoms with E-state index in [1.807, 2.05) is 18.2 Å². The van der Waals surface area contributed by atoms with Crippen molar-refractivity contribution in [2.45, 2.75) is 25.0 Å². The van der Waals surface area contributed by atoms with E-state index in [0.717, 1.165) is 5.56 Å². The quantitative estimate of drug-likeness (QED) is 0.599. The number of aliphatic hydroxyl groups excluding tert-OH is 1. The Labute approximate surface area is 173 Å². The Kier molecular flexibility index (Phi) is 6.06. The molecule has 2 aliphatic rings. The van der Waals surface area contributed by atoms with E-state index in [1.165, 1.54) is 12.1 Å². The van der Waals surface area contributed by atoms with E-state index >= 15 is 0 Å². The van der Waals surface area contributed by atoms with E-state index in [4.69, 9.17) is 24.1 Å². The number of ether oxygens (including phenoxy) is 4. The summed E-state index contributed by atoms with van der Waals surface area (Å²) in [4.78, 5) is 12.8. The number of benzene rings is 2. The van der Waals surface area contributed by atoms with Crippen molar-refractivity contribution in [2.75, 3.05) is 25.3 Å². The summed E-state index contributed by atoms with van der Waals surface area (Å²) in [6, 6.07) is 11.9. The summed E-state index contributed by atoms with van der Waals surface area (Å²) in [5.74, 6) is 0.943. The first-order valence-corrected chi connectivity index (χ1v) is 9.73. The molecule has 8 heteroatoms. The number of hydrogen-bond donors (Lipinski definition) is 3. The zero-order chi connectivity index (χ0) is 20.9. The van der Waals surface area contributed by atoms with Crippen LogP contribution >= 0.6 is 0 Å². The van der Waals surface area contributed by atoms with Gasteiger partial charge < -0.3 is 34.5 Å². The number of hydrogen-bond acceptors (Lipinski definition) is 7. The van der Waals surface area contributed by atoms with Gasteiger partial charge in [0, 0.05) is 30.7 Å². The largest absolute Gasteiger partial charge is 0.508 e. The van der Waals surface area contributed by atoms with Gasteiger partial charge in [-0.1, -0.05) is 12.1 Å². The lowest BCUT2D eigenvalue weighted by Gasteiger charge is -2.29. The monoisotopic (exact) mass is 413 g/mol. The zero-order valence-electron chi connectivity index (χ0n) is 16.2. The molecule has 0 spiro atoms. The van der Waals surface area contributed by atoms with Crippen LogP contribution in [0, 0.1) is 0 Å². The minimum absolute atomic E-state index is 0.0129. The molecule has 0 unspecified atom stereocenters. The number of amides is 1. The topological polar surface area (TPSA) is 106 Å². The molecule has 2 aromatic carbocycles. The minimum Gasteiger partial charge on any atom is -0.508 e. The standard InChI is InChI=1S/C22H23NO7/c24-7-2-8-27-21-11-15(14-5-6-18-19(9-14)29-13-28-18)10-20(30-21)22(26)23-16-3-1-4-17(25)12-16/h1,3-6,9-10,12,15,21,24-25H,2,7-8,11,13H2,(H,23,26)/t15-,21+/m0/s1. The maximum absolute atomic E-state index is 12.8. The fourth-order valence-electron chi connectivity index (χ4n) is 3.35. The minimum atomic E-state index is -0.637. The summed E-state index contributed by atoms with van der Waals surface area (Å²) in [7, 11) is 0. The van der Waals surface area contributed by atoms with Gasteiger partial charge in [-0.25, -0.2) is 0 Å². The van der Waals surface area contributed by atoms with Crippen molar-refractivity contribution < 1.29 is 34.0 Å². The number of carbonyl (C=O) groups excluding carboxylic acids is 1. The fraction of sp³-hybridized carbons (Fsp3) is 0.318. The molecule has 0 saturated heterocycles. The molecule has 1 amide bonds. The van der Waals surface area contributed by atoms with Crippen molar-refractivity contribution in [3.05, 3.63) is 59.9 Å². The molecule has 0 saturated carbocycles. The lowest BCUT2D eigenvalue weighted by molar-refractivity contribution is -0.144. The molecule has 2 aliphatic heterocycles. The number of carbonyl (C=O) groups is 1. The Bertz CT molecular complexity index is 943. The first kappa shape index (κ1) is 20.1. The molecule has 0 bridgehead atoms. The molecule has 2 aromatic rings. The highest BCUT2D eigenvalue weighted by atomic mass is 16.7. The lowest BCUT2D eigenvalue weighted by Crippen LogP contribution is -2.29. The second-order valence-electron chi connectivity index (χ2n) is 6.99. The number of allylic oxidation sites excluding steroid dienone is 1. The van der Waals surface area contributed by atoms with Crippen LogP contribution in [0.25, 0.3) is 0 Å². The van der Waals surface area contributed by atoms with Crippen molar-refractivity contribution in [1.29, 1.82) is 0 Å². The Morgan fingerprint density at radius 3 is 2.87 bits per heavy atom. The Hall–Kier alpha value is -3.23. The predicted octanol–water partition coefficient (Wildman–Crippen LogP) is 2.87. The van der Waals surface area contributed by atoms with Crippen LogP contribution in [-0.4, -0.2) is 42.4 Å². The van der Waals surface area contributed by atoms with Gasteiger partial charge in [0.1, 0.15) is 5.75 Å². The number of phenolic OH excluding ortho intramolecular Hbond substituents is 1. The van der Waals surface area contributed by atoms with Gasteiger partial charge in [0.25, 0.3) is 5.91 Å². The SMILES string of the molecule is O=C(Nc1cccc(O)c1)C1=C[C@H](c2ccc3c(c2)OCO3)C[C@H](OCCCO)O1. The normalized spacial score (nSPS) is 19.7. The second-order valence-corrected chi connectivity index (χ2v) is 6.99. The summed E-state index contributed by atoms with van der Waals surface area (Å²) in [6.45, 7) is 0.516. The molecule has 158 valence electrons. The number of anilines is 1. The molecule has 0 fully saturated rings. The van der Waals surface area contributed by atoms with Crippen molar-refractivity contribution in [3.63, 3.8) is 0 Å². The van der Waals surface area contributed by atoms with Gasteiger partial charge in [-0.2, -0.15) is 0 Å². The molecule has 8 nitrogen and oxygen atoms in total. The molecule has 2 heterocycles. The van der Waals surface area contributed by atoms with E-state index in [0.29, 0.717) is 36.6 Å². The molecular weight excluding hydrogens is 390 g/mol. The first-order chi connectivity index (χ1) is 14.6. The third-order valence-corrected chi connectivity index (χ3v) is 4.82. The zero-order valence-corrected chi connectivity index (χ0v) is 16.2. The van der Waals surface area contributed by atoms with Crippen LogP contribution in [0.1, 0.15) is 24.3 Å². The van der Waals surface area contributed by atoms with Crippen molar-refractivity contribution >= 4 is 11.6 Å². The van der Waals surface area contributed by atoms with E-state index < -0.39 is 12.2 Å². The van der Waals surface area contributed by atoms with Crippen molar-refractivity contribution in [1.82, 2.24) is 0 Å². The molecular formula is C22H23NO7. The van der Waals surface area contributed by atoms with Crippen molar-refractivity contribution in [3.8, 4) is 17.2 Å². The Morgan fingerprint density at radius 1 is 1.17 bits per heavy atom. The van der Waals surface area contributed by atoms with Crippen molar-refractivity contribution in [2.24, 2.45) is 0 Å². The van der Waals surface area contributed by atoms with Crippen LogP contribution in [-0.2, 0) is 14.3 Å². The van der Waals surface area contributed by atoms with Crippen LogP contribution in [0.2, 0.25) is 0 Å². The van der Waals surface area contributed by atoms with Gasteiger partial charge in [0.15, 0.2) is 17.3 Å². The number of fused-ring (bicyclic) bond motifs is 1. The summed E-state index contributed by atoms with van der Waals surface area (Å²) in [6.07, 6.45) is 2.10. The highest BCUT2D eigenvalue weighted by Gasteiger charge is 2.29. The highest BCUT2D eigenvalue weighted by Crippen LogP contribution is 2.38. The van der Waals surface area contributed by atoms with Crippen LogP contribution in [0.5, 0.6) is 17.2 Å². The van der Waals surface area contributed by atoms with E-state index in [9.17, 15) is 9.90 Å². The molecule has 0 aromatic heterocycles. The summed E-state index contributed by atoms with van der Waals surface area (Å²) >= 11 is 0. The maximum Gasteiger partial charge on any atom is 0.290 e. The van der Waals surface area contributed by atoms with Gasteiger partial charge in [0.05, 0.1) is 6.61 Å². The van der Waals surface area contributed by atoms with Gasteiger partial charge in [-0.15, -0.1) is 0 Å². The van der Waals surface area contributed by atoms with Gasteiger partial charge >= 0.3 is 0 Å². The summed E-state index contributed by atoms with van der Waals surface area (Å²) in [5.41, 5.74) is 1.40. The van der Waals surface area contributed by atoms with Crippen LogP contribution in [0.15, 0.2) is 54.3 Å². The number of rotatable bonds is 7. The molecule has 3 N–H and O–H groups in total. The van der Waals surface area contributed by atoms with E-state index in [2.05, 4.69) is 5.32 Å². The third-order valence-electron chi connectivity index (χ3n) is 4.82. The second kappa shape index (κ2) is 9.06.